The standard InChI is InChI=1S/C20H14ClN3O3S/c21-14-6-7-17-16(12-14)18(28(26,27)15-4-2-1-3-5-15)19(23-17)24-20(25)13-8-10-22-11-9-13/h1-12,23H,(H,24,25). The topological polar surface area (TPSA) is 91.9 Å². The molecule has 1 amide bonds. The first kappa shape index (κ1) is 18.2. The van der Waals surface area contributed by atoms with Crippen LogP contribution in [-0.4, -0.2) is 24.3 Å². The third-order valence-electron chi connectivity index (χ3n) is 4.22. The zero-order valence-electron chi connectivity index (χ0n) is 14.4. The van der Waals surface area contributed by atoms with Gasteiger partial charge < -0.3 is 10.3 Å². The number of carbonyl (C=O) groups is 1. The fraction of sp³-hybridized carbons (Fsp3) is 0. The van der Waals surface area contributed by atoms with E-state index < -0.39 is 15.7 Å². The summed E-state index contributed by atoms with van der Waals surface area (Å²) in [4.78, 5) is 19.5. The van der Waals surface area contributed by atoms with Crippen LogP contribution in [0.3, 0.4) is 0 Å². The number of H-pyrrole nitrogens is 1. The second-order valence-corrected chi connectivity index (χ2v) is 8.35. The van der Waals surface area contributed by atoms with Crippen LogP contribution in [-0.2, 0) is 9.84 Å². The first-order valence-corrected chi connectivity index (χ1v) is 10.2. The number of hydrogen-bond donors (Lipinski definition) is 2. The van der Waals surface area contributed by atoms with Gasteiger partial charge in [-0.05, 0) is 42.5 Å². The Morgan fingerprint density at radius 2 is 1.71 bits per heavy atom. The molecule has 28 heavy (non-hydrogen) atoms. The monoisotopic (exact) mass is 411 g/mol. The van der Waals surface area contributed by atoms with Crippen LogP contribution in [0, 0.1) is 0 Å². The minimum Gasteiger partial charge on any atom is -0.340 e. The van der Waals surface area contributed by atoms with E-state index in [1.165, 1.54) is 24.5 Å². The molecule has 8 heteroatoms. The van der Waals surface area contributed by atoms with Crippen LogP contribution in [0.1, 0.15) is 10.4 Å². The van der Waals surface area contributed by atoms with Crippen molar-refractivity contribution in [1.82, 2.24) is 9.97 Å². The van der Waals surface area contributed by atoms with Gasteiger partial charge in [-0.2, -0.15) is 0 Å². The highest BCUT2D eigenvalue weighted by Gasteiger charge is 2.27. The molecule has 0 aliphatic carbocycles. The third-order valence-corrected chi connectivity index (χ3v) is 6.31. The number of nitrogens with one attached hydrogen (secondary N) is 2. The summed E-state index contributed by atoms with van der Waals surface area (Å²) in [7, 11) is -3.91. The SMILES string of the molecule is O=C(Nc1[nH]c2ccc(Cl)cc2c1S(=O)(=O)c1ccccc1)c1ccncc1. The average Bonchev–Trinajstić information content (AvgIpc) is 3.07. The largest absolute Gasteiger partial charge is 0.340 e. The molecule has 0 radical (unpaired) electrons. The number of pyridine rings is 1. The number of nitrogens with zero attached hydrogens (tertiary/aromatic N) is 1. The quantitative estimate of drug-likeness (QED) is 0.523. The maximum atomic E-state index is 13.3. The molecule has 2 aromatic heterocycles. The van der Waals surface area contributed by atoms with E-state index in [2.05, 4.69) is 15.3 Å². The summed E-state index contributed by atoms with van der Waals surface area (Å²) in [6, 6.07) is 16.0. The van der Waals surface area contributed by atoms with Crippen LogP contribution in [0.4, 0.5) is 5.82 Å². The molecule has 2 N–H and O–H groups in total. The molecule has 2 heterocycles. The van der Waals surface area contributed by atoms with Gasteiger partial charge in [-0.15, -0.1) is 0 Å². The number of fused-ring (bicyclic) bond motifs is 1. The number of sulfone groups is 1. The van der Waals surface area contributed by atoms with Gasteiger partial charge in [0.1, 0.15) is 10.7 Å². The van der Waals surface area contributed by atoms with E-state index in [-0.39, 0.29) is 15.6 Å². The van der Waals surface area contributed by atoms with Crippen LogP contribution < -0.4 is 5.32 Å². The lowest BCUT2D eigenvalue weighted by atomic mass is 10.2. The fourth-order valence-corrected chi connectivity index (χ4v) is 4.67. The smallest absolute Gasteiger partial charge is 0.256 e. The molecule has 0 saturated carbocycles. The molecule has 2 aromatic carbocycles. The maximum Gasteiger partial charge on any atom is 0.256 e. The Hall–Kier alpha value is -3.16. The summed E-state index contributed by atoms with van der Waals surface area (Å²) in [5.41, 5.74) is 0.902. The number of benzene rings is 2. The minimum absolute atomic E-state index is 0.0291. The number of aromatic nitrogens is 2. The van der Waals surface area contributed by atoms with Crippen molar-refractivity contribution in [3.63, 3.8) is 0 Å². The zero-order valence-corrected chi connectivity index (χ0v) is 16.0. The first-order chi connectivity index (χ1) is 13.5. The molecule has 0 aliphatic rings. The van der Waals surface area contributed by atoms with Crippen LogP contribution >= 0.6 is 11.6 Å². The molecular formula is C20H14ClN3O3S. The van der Waals surface area contributed by atoms with Gasteiger partial charge in [0.15, 0.2) is 0 Å². The van der Waals surface area contributed by atoms with Gasteiger partial charge in [0.25, 0.3) is 5.91 Å². The highest BCUT2D eigenvalue weighted by Crippen LogP contribution is 2.36. The predicted molar refractivity (Wildman–Crippen MR) is 107 cm³/mol. The van der Waals surface area contributed by atoms with Crippen molar-refractivity contribution < 1.29 is 13.2 Å². The van der Waals surface area contributed by atoms with E-state index in [0.717, 1.165) is 0 Å². The van der Waals surface area contributed by atoms with Crippen LogP contribution in [0.25, 0.3) is 10.9 Å². The van der Waals surface area contributed by atoms with E-state index in [1.54, 1.807) is 48.5 Å². The Labute approximate surface area is 166 Å². The number of carbonyl (C=O) groups excluding carboxylic acids is 1. The summed E-state index contributed by atoms with van der Waals surface area (Å²) in [6.45, 7) is 0. The number of rotatable bonds is 4. The molecule has 0 spiro atoms. The van der Waals surface area contributed by atoms with Crippen LogP contribution in [0.5, 0.6) is 0 Å². The van der Waals surface area contributed by atoms with Crippen molar-refractivity contribution in [2.75, 3.05) is 5.32 Å². The molecule has 0 atom stereocenters. The Morgan fingerprint density at radius 3 is 2.43 bits per heavy atom. The molecule has 140 valence electrons. The number of aromatic amines is 1. The van der Waals surface area contributed by atoms with E-state index in [4.69, 9.17) is 11.6 Å². The molecule has 6 nitrogen and oxygen atoms in total. The number of halogens is 1. The van der Waals surface area contributed by atoms with Gasteiger partial charge in [-0.3, -0.25) is 9.78 Å². The Balaban J connectivity index is 1.90. The van der Waals surface area contributed by atoms with E-state index in [1.807, 2.05) is 0 Å². The van der Waals surface area contributed by atoms with E-state index in [9.17, 15) is 13.2 Å². The lowest BCUT2D eigenvalue weighted by molar-refractivity contribution is 0.102. The van der Waals surface area contributed by atoms with Crippen molar-refractivity contribution in [3.8, 4) is 0 Å². The molecule has 4 aromatic rings. The third kappa shape index (κ3) is 3.26. The van der Waals surface area contributed by atoms with Crippen molar-refractivity contribution in [3.05, 3.63) is 83.6 Å². The van der Waals surface area contributed by atoms with Gasteiger partial charge in [-0.1, -0.05) is 29.8 Å². The molecular weight excluding hydrogens is 398 g/mol. The predicted octanol–water partition coefficient (Wildman–Crippen LogP) is 4.30. The molecule has 0 aliphatic heterocycles. The molecule has 0 unspecified atom stereocenters. The van der Waals surface area contributed by atoms with Gasteiger partial charge in [0.05, 0.1) is 4.90 Å². The Bertz CT molecular complexity index is 1270. The van der Waals surface area contributed by atoms with Crippen molar-refractivity contribution >= 4 is 44.1 Å². The first-order valence-electron chi connectivity index (χ1n) is 8.29. The van der Waals surface area contributed by atoms with Gasteiger partial charge in [-0.25, -0.2) is 8.42 Å². The number of hydrogen-bond acceptors (Lipinski definition) is 4. The second kappa shape index (κ2) is 7.10. The molecule has 4 rings (SSSR count). The van der Waals surface area contributed by atoms with Crippen molar-refractivity contribution in [2.24, 2.45) is 0 Å². The van der Waals surface area contributed by atoms with Gasteiger partial charge in [0, 0.05) is 33.9 Å². The van der Waals surface area contributed by atoms with Crippen molar-refractivity contribution in [1.29, 1.82) is 0 Å². The highest BCUT2D eigenvalue weighted by atomic mass is 35.5. The number of anilines is 1. The van der Waals surface area contributed by atoms with Gasteiger partial charge in [0.2, 0.25) is 9.84 Å². The van der Waals surface area contributed by atoms with Crippen molar-refractivity contribution in [2.45, 2.75) is 9.79 Å². The van der Waals surface area contributed by atoms with Gasteiger partial charge >= 0.3 is 0 Å². The molecule has 0 fully saturated rings. The summed E-state index contributed by atoms with van der Waals surface area (Å²) in [6.07, 6.45) is 2.98. The van der Waals surface area contributed by atoms with E-state index in [0.29, 0.717) is 21.5 Å². The Kier molecular flexibility index (Phi) is 4.62. The van der Waals surface area contributed by atoms with E-state index >= 15 is 0 Å². The molecule has 0 bridgehead atoms. The Morgan fingerprint density at radius 1 is 1.00 bits per heavy atom. The second-order valence-electron chi connectivity index (χ2n) is 6.03. The summed E-state index contributed by atoms with van der Waals surface area (Å²) in [5.74, 6) is -0.368. The lowest BCUT2D eigenvalue weighted by Crippen LogP contribution is -2.14. The van der Waals surface area contributed by atoms with Crippen LogP contribution in [0.2, 0.25) is 5.02 Å². The maximum absolute atomic E-state index is 13.3. The average molecular weight is 412 g/mol. The summed E-state index contributed by atoms with van der Waals surface area (Å²) < 4.78 is 26.7. The summed E-state index contributed by atoms with van der Waals surface area (Å²) >= 11 is 6.09. The molecule has 0 saturated heterocycles. The normalized spacial score (nSPS) is 11.5. The van der Waals surface area contributed by atoms with Crippen LogP contribution in [0.15, 0.2) is 82.8 Å². The fourth-order valence-electron chi connectivity index (χ4n) is 2.91. The number of amides is 1. The minimum atomic E-state index is -3.91. The highest BCUT2D eigenvalue weighted by molar-refractivity contribution is 7.92. The lowest BCUT2D eigenvalue weighted by Gasteiger charge is -2.08. The zero-order chi connectivity index (χ0) is 19.7. The summed E-state index contributed by atoms with van der Waals surface area (Å²) in [5, 5.41) is 3.46.